The SMILES string of the molecule is CCC1C(Sc2cccc(OC)c2)C2C(C(=O)O)C2(CC)C1(N)C(=O)O. The topological polar surface area (TPSA) is 110 Å². The van der Waals surface area contributed by atoms with E-state index in [9.17, 15) is 19.8 Å². The fraction of sp³-hybridized carbons (Fsp3) is 0.579. The van der Waals surface area contributed by atoms with Crippen molar-refractivity contribution in [2.24, 2.45) is 28.9 Å². The van der Waals surface area contributed by atoms with Crippen LogP contribution in [0.4, 0.5) is 0 Å². The molecule has 2 saturated carbocycles. The van der Waals surface area contributed by atoms with Crippen molar-refractivity contribution in [3.8, 4) is 5.75 Å². The van der Waals surface area contributed by atoms with Gasteiger partial charge in [0, 0.05) is 21.5 Å². The summed E-state index contributed by atoms with van der Waals surface area (Å²) in [6, 6.07) is 7.54. The Hall–Kier alpha value is -1.73. The van der Waals surface area contributed by atoms with E-state index in [1.165, 1.54) is 11.8 Å². The molecular weight excluding hydrogens is 354 g/mol. The third kappa shape index (κ3) is 2.29. The number of fused-ring (bicyclic) bond motifs is 1. The number of aliphatic carboxylic acids is 2. The van der Waals surface area contributed by atoms with Gasteiger partial charge in [-0.25, -0.2) is 0 Å². The van der Waals surface area contributed by atoms with E-state index in [2.05, 4.69) is 0 Å². The van der Waals surface area contributed by atoms with Crippen molar-refractivity contribution in [3.63, 3.8) is 0 Å². The first-order chi connectivity index (χ1) is 12.3. The highest BCUT2D eigenvalue weighted by Gasteiger charge is 2.86. The van der Waals surface area contributed by atoms with E-state index < -0.39 is 28.8 Å². The number of thioether (sulfide) groups is 1. The summed E-state index contributed by atoms with van der Waals surface area (Å²) >= 11 is 1.53. The number of carboxylic acid groups (broad SMARTS) is 2. The molecule has 26 heavy (non-hydrogen) atoms. The predicted octanol–water partition coefficient (Wildman–Crippen LogP) is 2.70. The van der Waals surface area contributed by atoms with Crippen LogP contribution in [0.15, 0.2) is 29.2 Å². The smallest absolute Gasteiger partial charge is 0.324 e. The molecular formula is C19H25NO5S. The molecule has 0 heterocycles. The van der Waals surface area contributed by atoms with Crippen LogP contribution < -0.4 is 10.5 Å². The highest BCUT2D eigenvalue weighted by atomic mass is 32.2. The first-order valence-corrected chi connectivity index (χ1v) is 9.73. The highest BCUT2D eigenvalue weighted by Crippen LogP contribution is 2.77. The van der Waals surface area contributed by atoms with Gasteiger partial charge in [-0.1, -0.05) is 19.9 Å². The van der Waals surface area contributed by atoms with Crippen LogP contribution in [0.2, 0.25) is 0 Å². The molecule has 0 saturated heterocycles. The van der Waals surface area contributed by atoms with Crippen molar-refractivity contribution in [2.75, 3.05) is 7.11 Å². The third-order valence-corrected chi connectivity index (χ3v) is 7.88. The number of carboxylic acids is 2. The molecule has 1 aromatic rings. The summed E-state index contributed by atoms with van der Waals surface area (Å²) in [5.41, 5.74) is 4.10. The van der Waals surface area contributed by atoms with Crippen LogP contribution in [0, 0.1) is 23.2 Å². The van der Waals surface area contributed by atoms with Crippen LogP contribution in [0.5, 0.6) is 5.75 Å². The summed E-state index contributed by atoms with van der Waals surface area (Å²) in [7, 11) is 1.59. The maximum atomic E-state index is 12.2. The molecule has 0 amide bonds. The lowest BCUT2D eigenvalue weighted by molar-refractivity contribution is -0.150. The number of rotatable bonds is 7. The number of benzene rings is 1. The van der Waals surface area contributed by atoms with Crippen LogP contribution in [0.1, 0.15) is 26.7 Å². The second-order valence-electron chi connectivity index (χ2n) is 7.19. The zero-order valence-electron chi connectivity index (χ0n) is 15.1. The van der Waals surface area contributed by atoms with E-state index in [-0.39, 0.29) is 17.1 Å². The average Bonchev–Trinajstić information content (AvgIpc) is 3.26. The van der Waals surface area contributed by atoms with E-state index in [0.717, 1.165) is 4.90 Å². The van der Waals surface area contributed by atoms with Gasteiger partial charge < -0.3 is 20.7 Å². The van der Waals surface area contributed by atoms with Gasteiger partial charge in [-0.15, -0.1) is 11.8 Å². The number of ether oxygens (including phenoxy) is 1. The van der Waals surface area contributed by atoms with Crippen LogP contribution in [0.3, 0.4) is 0 Å². The molecule has 4 N–H and O–H groups in total. The normalized spacial score (nSPS) is 37.8. The standard InChI is InChI=1S/C19H25NO5S/c1-4-12-15(26-11-8-6-7-10(9-11)25-3)13-14(16(21)22)18(13,5-2)19(12,20)17(23)24/h6-9,12-15H,4-5,20H2,1-3H3,(H,21,22)(H,23,24). The Bertz CT molecular complexity index is 740. The van der Waals surface area contributed by atoms with E-state index in [1.807, 2.05) is 38.1 Å². The third-order valence-electron chi connectivity index (χ3n) is 6.46. The first kappa shape index (κ1) is 19.0. The fourth-order valence-electron chi connectivity index (χ4n) is 5.36. The van der Waals surface area contributed by atoms with Gasteiger partial charge in [0.05, 0.1) is 13.0 Å². The van der Waals surface area contributed by atoms with Crippen molar-refractivity contribution in [1.29, 1.82) is 0 Å². The van der Waals surface area contributed by atoms with Crippen LogP contribution in [-0.2, 0) is 9.59 Å². The number of hydrogen-bond acceptors (Lipinski definition) is 5. The molecule has 6 unspecified atom stereocenters. The van der Waals surface area contributed by atoms with Crippen molar-refractivity contribution < 1.29 is 24.5 Å². The number of nitrogens with two attached hydrogens (primary N) is 1. The van der Waals surface area contributed by atoms with E-state index >= 15 is 0 Å². The van der Waals surface area contributed by atoms with Gasteiger partial charge in [0.1, 0.15) is 11.3 Å². The predicted molar refractivity (Wildman–Crippen MR) is 98.3 cm³/mol. The molecule has 0 aliphatic heterocycles. The molecule has 2 fully saturated rings. The first-order valence-electron chi connectivity index (χ1n) is 8.85. The minimum atomic E-state index is -1.53. The molecule has 142 valence electrons. The number of hydrogen-bond donors (Lipinski definition) is 3. The molecule has 6 atom stereocenters. The summed E-state index contributed by atoms with van der Waals surface area (Å²) in [5.74, 6) is -2.57. The van der Waals surface area contributed by atoms with Gasteiger partial charge in [0.15, 0.2) is 0 Å². The zero-order valence-corrected chi connectivity index (χ0v) is 16.0. The van der Waals surface area contributed by atoms with Crippen molar-refractivity contribution in [3.05, 3.63) is 24.3 Å². The van der Waals surface area contributed by atoms with E-state index in [1.54, 1.807) is 7.11 Å². The Balaban J connectivity index is 2.04. The van der Waals surface area contributed by atoms with Crippen molar-refractivity contribution in [1.82, 2.24) is 0 Å². The zero-order chi connectivity index (χ0) is 19.3. The van der Waals surface area contributed by atoms with E-state index in [4.69, 9.17) is 10.5 Å². The van der Waals surface area contributed by atoms with Gasteiger partial charge in [0.25, 0.3) is 0 Å². The Kier molecular flexibility index (Phi) is 4.73. The molecule has 7 heteroatoms. The molecule has 2 aliphatic carbocycles. The average molecular weight is 379 g/mol. The summed E-state index contributed by atoms with van der Waals surface area (Å²) in [6.45, 7) is 3.78. The fourth-order valence-corrected chi connectivity index (χ4v) is 7.13. The lowest BCUT2D eigenvalue weighted by atomic mass is 9.71. The molecule has 0 bridgehead atoms. The summed E-state index contributed by atoms with van der Waals surface area (Å²) in [4.78, 5) is 25.0. The Morgan fingerprint density at radius 1 is 1.31 bits per heavy atom. The van der Waals surface area contributed by atoms with Crippen LogP contribution in [-0.4, -0.2) is 40.1 Å². The molecule has 0 spiro atoms. The molecule has 2 aliphatic rings. The van der Waals surface area contributed by atoms with Gasteiger partial charge in [-0.3, -0.25) is 9.59 Å². The molecule has 3 rings (SSSR count). The van der Waals surface area contributed by atoms with Crippen molar-refractivity contribution >= 4 is 23.7 Å². The maximum absolute atomic E-state index is 12.2. The van der Waals surface area contributed by atoms with Crippen LogP contribution >= 0.6 is 11.8 Å². The molecule has 0 aromatic heterocycles. The van der Waals surface area contributed by atoms with Crippen LogP contribution in [0.25, 0.3) is 0 Å². The van der Waals surface area contributed by atoms with Gasteiger partial charge in [0.2, 0.25) is 0 Å². The van der Waals surface area contributed by atoms with Crippen molar-refractivity contribution in [2.45, 2.75) is 42.4 Å². The second kappa shape index (κ2) is 6.46. The number of carbonyl (C=O) groups is 2. The molecule has 1 aromatic carbocycles. The maximum Gasteiger partial charge on any atom is 0.324 e. The van der Waals surface area contributed by atoms with E-state index in [0.29, 0.717) is 18.6 Å². The summed E-state index contributed by atoms with van der Waals surface area (Å²) in [6.07, 6.45) is 1.04. The second-order valence-corrected chi connectivity index (χ2v) is 8.44. The summed E-state index contributed by atoms with van der Waals surface area (Å²) < 4.78 is 5.26. The monoisotopic (exact) mass is 379 g/mol. The minimum absolute atomic E-state index is 0.158. The van der Waals surface area contributed by atoms with Gasteiger partial charge in [-0.05, 0) is 37.0 Å². The van der Waals surface area contributed by atoms with Gasteiger partial charge >= 0.3 is 11.9 Å². The molecule has 6 nitrogen and oxygen atoms in total. The Labute approximate surface area is 157 Å². The quantitative estimate of drug-likeness (QED) is 0.668. The minimum Gasteiger partial charge on any atom is -0.497 e. The summed E-state index contributed by atoms with van der Waals surface area (Å²) in [5, 5.41) is 19.5. The largest absolute Gasteiger partial charge is 0.497 e. The number of methoxy groups -OCH3 is 1. The lowest BCUT2D eigenvalue weighted by Gasteiger charge is -2.38. The molecule has 0 radical (unpaired) electrons. The highest BCUT2D eigenvalue weighted by molar-refractivity contribution is 8.00. The van der Waals surface area contributed by atoms with Gasteiger partial charge in [-0.2, -0.15) is 0 Å². The Morgan fingerprint density at radius 3 is 2.50 bits per heavy atom. The lowest BCUT2D eigenvalue weighted by Crippen LogP contribution is -2.60. The Morgan fingerprint density at radius 2 is 2.00 bits per heavy atom.